The molecule has 4 heterocycles. The summed E-state index contributed by atoms with van der Waals surface area (Å²) in [4.78, 5) is 27.9. The topological polar surface area (TPSA) is 125 Å². The Morgan fingerprint density at radius 1 is 0.949 bits per heavy atom. The van der Waals surface area contributed by atoms with Crippen LogP contribution in [0.25, 0.3) is 11.2 Å². The first-order chi connectivity index (χ1) is 19.1. The zero-order valence-corrected chi connectivity index (χ0v) is 21.7. The average Bonchev–Trinajstić information content (AvgIpc) is 3.65. The van der Waals surface area contributed by atoms with Gasteiger partial charge in [-0.15, -0.1) is 5.10 Å². The Labute approximate surface area is 225 Å². The van der Waals surface area contributed by atoms with E-state index in [0.29, 0.717) is 30.8 Å². The molecule has 0 radical (unpaired) electrons. The number of carbonyl (C=O) groups is 1. The predicted molar refractivity (Wildman–Crippen MR) is 144 cm³/mol. The lowest BCUT2D eigenvalue weighted by Crippen LogP contribution is -2.50. The van der Waals surface area contributed by atoms with Crippen molar-refractivity contribution in [3.8, 4) is 0 Å². The van der Waals surface area contributed by atoms with Crippen LogP contribution in [0.3, 0.4) is 0 Å². The number of hydrogen-bond donors (Lipinski definition) is 2. The lowest BCUT2D eigenvalue weighted by molar-refractivity contribution is -0.131. The second kappa shape index (κ2) is 10.6. The van der Waals surface area contributed by atoms with Gasteiger partial charge >= 0.3 is 0 Å². The van der Waals surface area contributed by atoms with Crippen LogP contribution in [0.15, 0.2) is 79.5 Å². The molecule has 0 spiro atoms. The second-order valence-corrected chi connectivity index (χ2v) is 9.77. The van der Waals surface area contributed by atoms with E-state index in [0.717, 1.165) is 24.3 Å². The minimum absolute atomic E-state index is 0.0211. The molecule has 6 rings (SSSR count). The molecule has 2 atom stereocenters. The maximum absolute atomic E-state index is 12.0. The third kappa shape index (κ3) is 4.96. The van der Waals surface area contributed by atoms with Crippen molar-refractivity contribution in [3.05, 3.63) is 102 Å². The minimum Gasteiger partial charge on any atom is -0.340 e. The molecule has 11 heteroatoms. The van der Waals surface area contributed by atoms with Crippen LogP contribution in [0.4, 0.5) is 0 Å². The smallest absolute Gasteiger partial charge is 0.219 e. The molecule has 39 heavy (non-hydrogen) atoms. The van der Waals surface area contributed by atoms with Gasteiger partial charge in [-0.1, -0.05) is 65.9 Å². The van der Waals surface area contributed by atoms with Crippen LogP contribution in [0.5, 0.6) is 0 Å². The molecule has 0 saturated carbocycles. The molecule has 11 nitrogen and oxygen atoms in total. The number of carbonyl (C=O) groups excluding carboxylic acids is 1. The van der Waals surface area contributed by atoms with Gasteiger partial charge in [-0.25, -0.2) is 14.6 Å². The van der Waals surface area contributed by atoms with Gasteiger partial charge in [0.2, 0.25) is 5.91 Å². The van der Waals surface area contributed by atoms with E-state index in [1.807, 2.05) is 44.6 Å². The van der Waals surface area contributed by atoms with Gasteiger partial charge in [0.05, 0.1) is 37.5 Å². The van der Waals surface area contributed by atoms with Crippen molar-refractivity contribution < 1.29 is 4.79 Å². The molecule has 1 amide bonds. The van der Waals surface area contributed by atoms with Gasteiger partial charge in [0.1, 0.15) is 11.2 Å². The summed E-state index contributed by atoms with van der Waals surface area (Å²) in [6.07, 6.45) is 5.17. The van der Waals surface area contributed by atoms with Crippen molar-refractivity contribution in [2.24, 2.45) is 0 Å². The molecular weight excluding hydrogens is 492 g/mol. The van der Waals surface area contributed by atoms with Crippen LogP contribution in [0.2, 0.25) is 0 Å². The van der Waals surface area contributed by atoms with E-state index >= 15 is 0 Å². The number of nitrogens with zero attached hydrogens (tertiary/aromatic N) is 8. The molecule has 1 saturated heterocycles. The van der Waals surface area contributed by atoms with E-state index in [1.165, 1.54) is 5.56 Å². The van der Waals surface area contributed by atoms with E-state index in [4.69, 9.17) is 5.41 Å². The number of fused-ring (bicyclic) bond motifs is 1. The van der Waals surface area contributed by atoms with Gasteiger partial charge in [0, 0.05) is 33.1 Å². The van der Waals surface area contributed by atoms with Crippen LogP contribution in [-0.4, -0.2) is 76.4 Å². The van der Waals surface area contributed by atoms with Crippen LogP contribution >= 0.6 is 0 Å². The fraction of sp³-hybridized carbons (Fsp3) is 0.286. The first-order valence-corrected chi connectivity index (χ1v) is 13.0. The Kier molecular flexibility index (Phi) is 6.72. The number of H-pyrrole nitrogens is 1. The molecule has 3 aromatic heterocycles. The van der Waals surface area contributed by atoms with E-state index in [-0.39, 0.29) is 23.5 Å². The van der Waals surface area contributed by atoms with Crippen molar-refractivity contribution in [2.45, 2.75) is 25.6 Å². The van der Waals surface area contributed by atoms with Crippen LogP contribution in [0.1, 0.15) is 35.8 Å². The lowest BCUT2D eigenvalue weighted by Gasteiger charge is -2.42. The summed E-state index contributed by atoms with van der Waals surface area (Å²) in [5, 5.41) is 17.2. The van der Waals surface area contributed by atoms with Crippen molar-refractivity contribution in [3.63, 3.8) is 0 Å². The summed E-state index contributed by atoms with van der Waals surface area (Å²) in [7, 11) is 0. The highest BCUT2D eigenvalue weighted by molar-refractivity contribution is 5.73. The van der Waals surface area contributed by atoms with Gasteiger partial charge in [-0.2, -0.15) is 0 Å². The predicted octanol–water partition coefficient (Wildman–Crippen LogP) is 2.37. The Hall–Kier alpha value is -4.64. The van der Waals surface area contributed by atoms with Gasteiger partial charge in [0.15, 0.2) is 11.1 Å². The van der Waals surface area contributed by atoms with Crippen molar-refractivity contribution in [1.82, 2.24) is 44.3 Å². The zero-order chi connectivity index (χ0) is 26.8. The second-order valence-electron chi connectivity index (χ2n) is 9.77. The number of hydrogen-bond acceptors (Lipinski definition) is 7. The van der Waals surface area contributed by atoms with Crippen molar-refractivity contribution >= 4 is 17.1 Å². The molecule has 2 aromatic carbocycles. The maximum atomic E-state index is 12.0. The van der Waals surface area contributed by atoms with E-state index in [9.17, 15) is 4.79 Å². The average molecular weight is 523 g/mol. The SMILES string of the molecule is CC(=O)N1CCN([C@@H](c2ccccc2)[C@@H](c2ccccc2)n2cc(Cn3cnc(=N)c4[nH]cnc43)nn2)CC1. The summed E-state index contributed by atoms with van der Waals surface area (Å²) in [5.74, 6) is 0.114. The van der Waals surface area contributed by atoms with Crippen molar-refractivity contribution in [1.29, 1.82) is 5.41 Å². The molecule has 1 aliphatic heterocycles. The summed E-state index contributed by atoms with van der Waals surface area (Å²) in [6.45, 7) is 4.97. The highest BCUT2D eigenvalue weighted by Crippen LogP contribution is 2.37. The van der Waals surface area contributed by atoms with Crippen LogP contribution < -0.4 is 5.49 Å². The molecular formula is C28H30N10O. The summed E-state index contributed by atoms with van der Waals surface area (Å²) >= 11 is 0. The Bertz CT molecular complexity index is 1620. The number of benzene rings is 2. The third-order valence-electron chi connectivity index (χ3n) is 7.36. The molecule has 5 aromatic rings. The first-order valence-electron chi connectivity index (χ1n) is 13.0. The highest BCUT2D eigenvalue weighted by Gasteiger charge is 2.34. The van der Waals surface area contributed by atoms with Crippen molar-refractivity contribution in [2.75, 3.05) is 26.2 Å². The minimum atomic E-state index is -0.150. The van der Waals surface area contributed by atoms with E-state index < -0.39 is 0 Å². The molecule has 2 N–H and O–H groups in total. The molecule has 0 bridgehead atoms. The molecule has 198 valence electrons. The summed E-state index contributed by atoms with van der Waals surface area (Å²) in [6, 6.07) is 20.7. The number of imidazole rings is 1. The molecule has 0 aliphatic carbocycles. The zero-order valence-electron chi connectivity index (χ0n) is 21.7. The normalized spacial score (nSPS) is 15.9. The van der Waals surface area contributed by atoms with Gasteiger partial charge in [0.25, 0.3) is 0 Å². The summed E-state index contributed by atoms with van der Waals surface area (Å²) in [5.41, 5.74) is 4.46. The van der Waals surface area contributed by atoms with Crippen LogP contribution in [0, 0.1) is 5.41 Å². The summed E-state index contributed by atoms with van der Waals surface area (Å²) < 4.78 is 3.82. The third-order valence-corrected chi connectivity index (χ3v) is 7.36. The van der Waals surface area contributed by atoms with E-state index in [1.54, 1.807) is 19.6 Å². The Balaban J connectivity index is 1.39. The highest BCUT2D eigenvalue weighted by atomic mass is 16.2. The molecule has 1 fully saturated rings. The monoisotopic (exact) mass is 522 g/mol. The van der Waals surface area contributed by atoms with Gasteiger partial charge in [-0.05, 0) is 11.1 Å². The van der Waals surface area contributed by atoms with Crippen LogP contribution in [-0.2, 0) is 11.3 Å². The fourth-order valence-electron chi connectivity index (χ4n) is 5.43. The quantitative estimate of drug-likeness (QED) is 0.338. The molecule has 0 unspecified atom stereocenters. The fourth-order valence-corrected chi connectivity index (χ4v) is 5.43. The van der Waals surface area contributed by atoms with E-state index in [2.05, 4.69) is 66.6 Å². The number of aromatic nitrogens is 7. The number of amides is 1. The number of nitrogens with one attached hydrogen (secondary N) is 2. The number of aromatic amines is 1. The lowest BCUT2D eigenvalue weighted by atomic mass is 9.91. The largest absolute Gasteiger partial charge is 0.340 e. The molecule has 1 aliphatic rings. The Morgan fingerprint density at radius 3 is 2.28 bits per heavy atom. The number of rotatable bonds is 7. The Morgan fingerprint density at radius 2 is 1.62 bits per heavy atom. The maximum Gasteiger partial charge on any atom is 0.219 e. The standard InChI is InChI=1S/C28H30N10O/c1-20(39)35-12-14-36(15-13-35)25(21-8-4-2-5-9-21)26(22-10-6-3-7-11-22)38-17-23(33-34-38)16-37-19-32-27(29)24-28(37)31-18-30-24/h2-11,17-19,25-26,29H,12-16H2,1H3,(H,30,31)/t25-,26+/m0/s1. The van der Waals surface area contributed by atoms with Gasteiger partial charge in [-0.3, -0.25) is 15.1 Å². The number of piperazine rings is 1. The first kappa shape index (κ1) is 24.7. The van der Waals surface area contributed by atoms with Gasteiger partial charge < -0.3 is 14.5 Å².